The zero-order valence-electron chi connectivity index (χ0n) is 15.0. The quantitative estimate of drug-likeness (QED) is 0.502. The summed E-state index contributed by atoms with van der Waals surface area (Å²) < 4.78 is 25.3. The van der Waals surface area contributed by atoms with E-state index in [9.17, 15) is 8.42 Å². The van der Waals surface area contributed by atoms with Crippen molar-refractivity contribution in [2.75, 3.05) is 0 Å². The third kappa shape index (κ3) is 4.80. The van der Waals surface area contributed by atoms with Gasteiger partial charge in [-0.2, -0.15) is 18.4 Å². The molecule has 1 heterocycles. The summed E-state index contributed by atoms with van der Waals surface area (Å²) in [5.74, 6) is 0. The molecule has 0 radical (unpaired) electrons. The van der Waals surface area contributed by atoms with Crippen LogP contribution in [0.1, 0.15) is 30.0 Å². The Morgan fingerprint density at radius 1 is 0.963 bits per heavy atom. The van der Waals surface area contributed by atoms with Gasteiger partial charge in [0.2, 0.25) is 0 Å². The number of hydrogen-bond acceptors (Lipinski definition) is 4. The molecule has 3 rings (SSSR count). The molecular formula is C21H21N3O2S. The zero-order chi connectivity index (χ0) is 19.1. The first kappa shape index (κ1) is 18.8. The van der Waals surface area contributed by atoms with Crippen molar-refractivity contribution in [2.45, 2.75) is 24.7 Å². The number of nitrogens with zero attached hydrogens (tertiary/aromatic N) is 2. The summed E-state index contributed by atoms with van der Waals surface area (Å²) in [6.07, 6.45) is 5.25. The Bertz CT molecular complexity index is 959. The van der Waals surface area contributed by atoms with E-state index >= 15 is 0 Å². The van der Waals surface area contributed by atoms with Crippen molar-refractivity contribution in [3.8, 4) is 0 Å². The van der Waals surface area contributed by atoms with E-state index in [4.69, 9.17) is 0 Å². The van der Waals surface area contributed by atoms with Gasteiger partial charge in [0.1, 0.15) is 5.71 Å². The lowest BCUT2D eigenvalue weighted by Gasteiger charge is -2.09. The van der Waals surface area contributed by atoms with Gasteiger partial charge in [-0.05, 0) is 36.2 Å². The van der Waals surface area contributed by atoms with Crippen LogP contribution < -0.4 is 4.83 Å². The molecule has 0 saturated carbocycles. The smallest absolute Gasteiger partial charge is 0.264 e. The van der Waals surface area contributed by atoms with Crippen LogP contribution in [0.2, 0.25) is 0 Å². The molecule has 0 aliphatic heterocycles. The lowest BCUT2D eigenvalue weighted by atomic mass is 10.0. The van der Waals surface area contributed by atoms with Crippen LogP contribution in [-0.4, -0.2) is 19.1 Å². The number of hydrogen-bond donors (Lipinski definition) is 1. The molecule has 0 bridgehead atoms. The first-order valence-electron chi connectivity index (χ1n) is 8.74. The standard InChI is InChI=1S/C21H21N3O2S/c1-2-7-17-11-13-20(14-12-17)27(25,26)24-23-21(18-8-4-3-5-9-18)19-10-6-15-22-16-19/h3-6,8-16,24H,2,7H2,1H3/b23-21+. The second-order valence-electron chi connectivity index (χ2n) is 6.06. The van der Waals surface area contributed by atoms with E-state index in [1.165, 1.54) is 0 Å². The minimum absolute atomic E-state index is 0.185. The number of aryl methyl sites for hydroxylation is 1. The number of aromatic nitrogens is 1. The molecule has 0 amide bonds. The Hall–Kier alpha value is -2.99. The van der Waals surface area contributed by atoms with Crippen LogP contribution in [0, 0.1) is 0 Å². The highest BCUT2D eigenvalue weighted by atomic mass is 32.2. The monoisotopic (exact) mass is 379 g/mol. The average molecular weight is 379 g/mol. The van der Waals surface area contributed by atoms with E-state index < -0.39 is 10.0 Å². The van der Waals surface area contributed by atoms with Crippen molar-refractivity contribution in [3.63, 3.8) is 0 Å². The van der Waals surface area contributed by atoms with Crippen molar-refractivity contribution in [2.24, 2.45) is 5.10 Å². The highest BCUT2D eigenvalue weighted by Crippen LogP contribution is 2.13. The molecular weight excluding hydrogens is 358 g/mol. The van der Waals surface area contributed by atoms with Gasteiger partial charge in [-0.1, -0.05) is 55.8 Å². The third-order valence-electron chi connectivity index (χ3n) is 4.03. The van der Waals surface area contributed by atoms with Crippen LogP contribution in [0.15, 0.2) is 89.1 Å². The number of sulfonamides is 1. The van der Waals surface area contributed by atoms with Gasteiger partial charge in [0.25, 0.3) is 10.0 Å². The molecule has 0 atom stereocenters. The molecule has 0 aliphatic rings. The van der Waals surface area contributed by atoms with Gasteiger partial charge in [-0.25, -0.2) is 0 Å². The summed E-state index contributed by atoms with van der Waals surface area (Å²) in [7, 11) is -3.76. The number of nitrogens with one attached hydrogen (secondary N) is 1. The first-order chi connectivity index (χ1) is 13.1. The maximum atomic E-state index is 12.6. The number of benzene rings is 2. The van der Waals surface area contributed by atoms with E-state index in [2.05, 4.69) is 21.8 Å². The lowest BCUT2D eigenvalue weighted by molar-refractivity contribution is 0.584. The van der Waals surface area contributed by atoms with E-state index in [0.717, 1.165) is 29.5 Å². The zero-order valence-corrected chi connectivity index (χ0v) is 15.9. The Labute approximate surface area is 159 Å². The van der Waals surface area contributed by atoms with Crippen LogP contribution >= 0.6 is 0 Å². The Morgan fingerprint density at radius 2 is 1.67 bits per heavy atom. The Kier molecular flexibility index (Phi) is 5.98. The highest BCUT2D eigenvalue weighted by Gasteiger charge is 2.14. The Balaban J connectivity index is 1.91. The Morgan fingerprint density at radius 3 is 2.30 bits per heavy atom. The summed E-state index contributed by atoms with van der Waals surface area (Å²) in [6, 6.07) is 19.9. The topological polar surface area (TPSA) is 71.4 Å². The molecule has 0 saturated heterocycles. The van der Waals surface area contributed by atoms with E-state index in [-0.39, 0.29) is 4.90 Å². The third-order valence-corrected chi connectivity index (χ3v) is 5.26. The molecule has 0 unspecified atom stereocenters. The maximum absolute atomic E-state index is 12.6. The van der Waals surface area contributed by atoms with Gasteiger partial charge in [-0.15, -0.1) is 0 Å². The molecule has 0 spiro atoms. The van der Waals surface area contributed by atoms with Crippen molar-refractivity contribution >= 4 is 15.7 Å². The fourth-order valence-corrected chi connectivity index (χ4v) is 3.49. The molecule has 1 N–H and O–H groups in total. The second-order valence-corrected chi connectivity index (χ2v) is 7.72. The number of hydrazone groups is 1. The molecule has 27 heavy (non-hydrogen) atoms. The van der Waals surface area contributed by atoms with Crippen molar-refractivity contribution in [3.05, 3.63) is 95.8 Å². The minimum Gasteiger partial charge on any atom is -0.264 e. The van der Waals surface area contributed by atoms with Gasteiger partial charge >= 0.3 is 0 Å². The minimum atomic E-state index is -3.76. The summed E-state index contributed by atoms with van der Waals surface area (Å²) >= 11 is 0. The van der Waals surface area contributed by atoms with Gasteiger partial charge in [0.15, 0.2) is 0 Å². The molecule has 6 heteroatoms. The summed E-state index contributed by atoms with van der Waals surface area (Å²) in [4.78, 5) is 6.64. The normalized spacial score (nSPS) is 12.0. The summed E-state index contributed by atoms with van der Waals surface area (Å²) in [5, 5.41) is 4.21. The van der Waals surface area contributed by atoms with Gasteiger partial charge < -0.3 is 0 Å². The maximum Gasteiger partial charge on any atom is 0.276 e. The molecule has 0 aliphatic carbocycles. The van der Waals surface area contributed by atoms with Crippen LogP contribution in [-0.2, 0) is 16.4 Å². The molecule has 3 aromatic rings. The molecule has 1 aromatic heterocycles. The van der Waals surface area contributed by atoms with Crippen molar-refractivity contribution in [1.82, 2.24) is 9.82 Å². The number of rotatable bonds is 7. The summed E-state index contributed by atoms with van der Waals surface area (Å²) in [5.41, 5.74) is 3.14. The average Bonchev–Trinajstić information content (AvgIpc) is 2.70. The van der Waals surface area contributed by atoms with Gasteiger partial charge in [0, 0.05) is 23.5 Å². The van der Waals surface area contributed by atoms with E-state index in [1.807, 2.05) is 48.5 Å². The van der Waals surface area contributed by atoms with E-state index in [0.29, 0.717) is 5.71 Å². The molecule has 138 valence electrons. The molecule has 5 nitrogen and oxygen atoms in total. The van der Waals surface area contributed by atoms with E-state index in [1.54, 1.807) is 30.6 Å². The lowest BCUT2D eigenvalue weighted by Crippen LogP contribution is -2.21. The van der Waals surface area contributed by atoms with Crippen LogP contribution in [0.25, 0.3) is 0 Å². The molecule has 0 fully saturated rings. The predicted octanol–water partition coefficient (Wildman–Crippen LogP) is 3.77. The SMILES string of the molecule is CCCc1ccc(S(=O)(=O)N/N=C(\c2ccccc2)c2cccnc2)cc1. The second kappa shape index (κ2) is 8.60. The van der Waals surface area contributed by atoms with Crippen LogP contribution in [0.4, 0.5) is 0 Å². The fourth-order valence-electron chi connectivity index (χ4n) is 2.68. The summed E-state index contributed by atoms with van der Waals surface area (Å²) in [6.45, 7) is 2.09. The largest absolute Gasteiger partial charge is 0.276 e. The van der Waals surface area contributed by atoms with Gasteiger partial charge in [-0.3, -0.25) is 4.98 Å². The predicted molar refractivity (Wildman–Crippen MR) is 107 cm³/mol. The van der Waals surface area contributed by atoms with Crippen LogP contribution in [0.5, 0.6) is 0 Å². The number of pyridine rings is 1. The van der Waals surface area contributed by atoms with Crippen molar-refractivity contribution in [1.29, 1.82) is 0 Å². The van der Waals surface area contributed by atoms with Crippen LogP contribution in [0.3, 0.4) is 0 Å². The van der Waals surface area contributed by atoms with Crippen molar-refractivity contribution < 1.29 is 8.42 Å². The van der Waals surface area contributed by atoms with Gasteiger partial charge in [0.05, 0.1) is 4.90 Å². The highest BCUT2D eigenvalue weighted by molar-refractivity contribution is 7.89. The first-order valence-corrected chi connectivity index (χ1v) is 10.2. The molecule has 2 aromatic carbocycles. The fraction of sp³-hybridized carbons (Fsp3) is 0.143.